The van der Waals surface area contributed by atoms with Crippen LogP contribution in [0.1, 0.15) is 22.8 Å². The molecule has 1 rings (SSSR count). The van der Waals surface area contributed by atoms with Crippen LogP contribution in [-0.2, 0) is 0 Å². The summed E-state index contributed by atoms with van der Waals surface area (Å²) in [4.78, 5) is 21.0. The summed E-state index contributed by atoms with van der Waals surface area (Å²) >= 11 is 2.95. The molecule has 1 aromatic carbocycles. The highest BCUT2D eigenvalue weighted by atomic mass is 79.9. The Morgan fingerprint density at radius 1 is 1.60 bits per heavy atom. The average Bonchev–Trinajstić information content (AvgIpc) is 2.17. The fourth-order valence-electron chi connectivity index (χ4n) is 1.03. The molecular weight excluding hydrogens is 264 g/mol. The lowest BCUT2D eigenvalue weighted by Gasteiger charge is -2.00. The lowest BCUT2D eigenvalue weighted by Crippen LogP contribution is -1.98. The Bertz CT molecular complexity index is 491. The van der Waals surface area contributed by atoms with E-state index in [-0.39, 0.29) is 27.1 Å². The van der Waals surface area contributed by atoms with Crippen molar-refractivity contribution in [1.82, 2.24) is 0 Å². The Morgan fingerprint density at radius 2 is 2.20 bits per heavy atom. The molecule has 0 saturated carbocycles. The minimum Gasteiger partial charge on any atom is -0.295 e. The first-order valence-corrected chi connectivity index (χ1v) is 4.65. The monoisotopic (exact) mass is 268 g/mol. The molecule has 0 bridgehead atoms. The van der Waals surface area contributed by atoms with Gasteiger partial charge in [-0.15, -0.1) is 0 Å². The molecule has 5 nitrogen and oxygen atoms in total. The van der Waals surface area contributed by atoms with E-state index in [1.807, 2.05) is 0 Å². The molecule has 0 atom stereocenters. The van der Waals surface area contributed by atoms with Gasteiger partial charge in [0.05, 0.1) is 10.5 Å². The van der Waals surface area contributed by atoms with Gasteiger partial charge in [-0.05, 0) is 28.9 Å². The van der Waals surface area contributed by atoms with E-state index in [4.69, 9.17) is 5.26 Å². The molecule has 15 heavy (non-hydrogen) atoms. The van der Waals surface area contributed by atoms with Crippen LogP contribution in [0.3, 0.4) is 0 Å². The number of nitriles is 1. The van der Waals surface area contributed by atoms with Gasteiger partial charge in [0.1, 0.15) is 10.5 Å². The van der Waals surface area contributed by atoms with Crippen LogP contribution in [0.5, 0.6) is 0 Å². The van der Waals surface area contributed by atoms with Crippen LogP contribution < -0.4 is 0 Å². The van der Waals surface area contributed by atoms with Gasteiger partial charge in [0, 0.05) is 11.6 Å². The van der Waals surface area contributed by atoms with Crippen molar-refractivity contribution in [3.05, 3.63) is 37.8 Å². The fraction of sp³-hybridized carbons (Fsp3) is 0.111. The number of carbonyl (C=O) groups excluding carboxylic acids is 1. The molecule has 0 heterocycles. The first-order valence-electron chi connectivity index (χ1n) is 3.86. The van der Waals surface area contributed by atoms with Gasteiger partial charge in [-0.3, -0.25) is 14.9 Å². The SMILES string of the molecule is CC(=O)c1cc(C#N)c(Br)c([N+](=O)[O-])c1. The Labute approximate surface area is 93.6 Å². The Balaban J connectivity index is 3.54. The van der Waals surface area contributed by atoms with Crippen LogP contribution in [-0.4, -0.2) is 10.7 Å². The minimum atomic E-state index is -0.642. The van der Waals surface area contributed by atoms with Crippen molar-refractivity contribution in [1.29, 1.82) is 5.26 Å². The third-order valence-electron chi connectivity index (χ3n) is 1.78. The molecule has 0 aliphatic heterocycles. The van der Waals surface area contributed by atoms with Gasteiger partial charge in [0.25, 0.3) is 5.69 Å². The van der Waals surface area contributed by atoms with Crippen LogP contribution in [0.15, 0.2) is 16.6 Å². The van der Waals surface area contributed by atoms with E-state index in [1.54, 1.807) is 6.07 Å². The zero-order valence-electron chi connectivity index (χ0n) is 7.65. The van der Waals surface area contributed by atoms with Crippen LogP contribution in [0.4, 0.5) is 5.69 Å². The molecule has 0 radical (unpaired) electrons. The number of ketones is 1. The molecule has 0 aliphatic carbocycles. The summed E-state index contributed by atoms with van der Waals surface area (Å²) < 4.78 is 0.0972. The van der Waals surface area contributed by atoms with Crippen molar-refractivity contribution in [2.75, 3.05) is 0 Å². The highest BCUT2D eigenvalue weighted by Gasteiger charge is 2.18. The van der Waals surface area contributed by atoms with Crippen molar-refractivity contribution in [3.63, 3.8) is 0 Å². The second-order valence-corrected chi connectivity index (χ2v) is 3.58. The smallest absolute Gasteiger partial charge is 0.285 e. The van der Waals surface area contributed by atoms with Crippen LogP contribution >= 0.6 is 15.9 Å². The molecule has 6 heteroatoms. The molecular formula is C9H5BrN2O3. The molecule has 0 amide bonds. The van der Waals surface area contributed by atoms with Gasteiger partial charge >= 0.3 is 0 Å². The zero-order valence-corrected chi connectivity index (χ0v) is 9.24. The first-order chi connectivity index (χ1) is 6.97. The minimum absolute atomic E-state index is 0.0781. The number of benzene rings is 1. The van der Waals surface area contributed by atoms with E-state index >= 15 is 0 Å². The second-order valence-electron chi connectivity index (χ2n) is 2.78. The second kappa shape index (κ2) is 4.19. The van der Waals surface area contributed by atoms with Crippen molar-refractivity contribution >= 4 is 27.4 Å². The number of hydrogen-bond donors (Lipinski definition) is 0. The van der Waals surface area contributed by atoms with Gasteiger partial charge in [0.2, 0.25) is 0 Å². The first kappa shape index (κ1) is 11.3. The molecule has 0 N–H and O–H groups in total. The van der Waals surface area contributed by atoms with Crippen molar-refractivity contribution in [3.8, 4) is 6.07 Å². The summed E-state index contributed by atoms with van der Waals surface area (Å²) in [7, 11) is 0. The third kappa shape index (κ3) is 2.19. The summed E-state index contributed by atoms with van der Waals surface area (Å²) in [6.07, 6.45) is 0. The predicted octanol–water partition coefficient (Wildman–Crippen LogP) is 2.43. The van der Waals surface area contributed by atoms with E-state index in [2.05, 4.69) is 15.9 Å². The lowest BCUT2D eigenvalue weighted by molar-refractivity contribution is -0.385. The maximum absolute atomic E-state index is 11.1. The number of nitrogens with zero attached hydrogens (tertiary/aromatic N) is 2. The van der Waals surface area contributed by atoms with E-state index in [0.29, 0.717) is 0 Å². The van der Waals surface area contributed by atoms with Gasteiger partial charge < -0.3 is 0 Å². The zero-order chi connectivity index (χ0) is 11.6. The topological polar surface area (TPSA) is 84.0 Å². The normalized spacial score (nSPS) is 9.40. The molecule has 0 aliphatic rings. The van der Waals surface area contributed by atoms with Gasteiger partial charge in [-0.25, -0.2) is 0 Å². The number of nitro benzene ring substituents is 1. The van der Waals surface area contributed by atoms with E-state index in [9.17, 15) is 14.9 Å². The highest BCUT2D eigenvalue weighted by Crippen LogP contribution is 2.29. The number of halogens is 1. The summed E-state index contributed by atoms with van der Waals surface area (Å²) in [6, 6.07) is 4.25. The van der Waals surface area contributed by atoms with E-state index in [0.717, 1.165) is 6.07 Å². The Hall–Kier alpha value is -1.74. The quantitative estimate of drug-likeness (QED) is 0.469. The van der Waals surface area contributed by atoms with Gasteiger partial charge in [-0.1, -0.05) is 0 Å². The molecule has 0 unspecified atom stereocenters. The van der Waals surface area contributed by atoms with Gasteiger partial charge in [0.15, 0.2) is 5.78 Å². The van der Waals surface area contributed by atoms with Crippen molar-refractivity contribution < 1.29 is 9.72 Å². The lowest BCUT2D eigenvalue weighted by atomic mass is 10.1. The van der Waals surface area contributed by atoms with E-state index < -0.39 is 4.92 Å². The summed E-state index contributed by atoms with van der Waals surface area (Å²) in [5, 5.41) is 19.3. The largest absolute Gasteiger partial charge is 0.295 e. The number of Topliss-reactive ketones (excluding diaryl/α,β-unsaturated/α-hetero) is 1. The van der Waals surface area contributed by atoms with Crippen molar-refractivity contribution in [2.45, 2.75) is 6.92 Å². The van der Waals surface area contributed by atoms with Crippen LogP contribution in [0.2, 0.25) is 0 Å². The molecule has 0 fully saturated rings. The number of nitro groups is 1. The predicted molar refractivity (Wildman–Crippen MR) is 55.5 cm³/mol. The van der Waals surface area contributed by atoms with E-state index in [1.165, 1.54) is 13.0 Å². The third-order valence-corrected chi connectivity index (χ3v) is 2.61. The molecule has 0 saturated heterocycles. The van der Waals surface area contributed by atoms with Gasteiger partial charge in [-0.2, -0.15) is 5.26 Å². The number of rotatable bonds is 2. The Kier molecular flexibility index (Phi) is 3.17. The molecule has 0 aromatic heterocycles. The highest BCUT2D eigenvalue weighted by molar-refractivity contribution is 9.10. The molecule has 0 spiro atoms. The standard InChI is InChI=1S/C9H5BrN2O3/c1-5(13)6-2-7(4-11)9(10)8(3-6)12(14)15/h2-3H,1H3. The number of carbonyl (C=O) groups is 1. The molecule has 76 valence electrons. The van der Waals surface area contributed by atoms with Crippen molar-refractivity contribution in [2.24, 2.45) is 0 Å². The van der Waals surface area contributed by atoms with Crippen LogP contribution in [0, 0.1) is 21.4 Å². The fourth-order valence-corrected chi connectivity index (χ4v) is 1.49. The number of hydrogen-bond acceptors (Lipinski definition) is 4. The Morgan fingerprint density at radius 3 is 2.60 bits per heavy atom. The van der Waals surface area contributed by atoms with Crippen LogP contribution in [0.25, 0.3) is 0 Å². The molecule has 1 aromatic rings. The summed E-state index contributed by atoms with van der Waals surface area (Å²) in [6.45, 7) is 1.29. The summed E-state index contributed by atoms with van der Waals surface area (Å²) in [5.41, 5.74) is -0.0462. The summed E-state index contributed by atoms with van der Waals surface area (Å²) in [5.74, 6) is -0.317. The maximum atomic E-state index is 11.1. The average molecular weight is 269 g/mol. The maximum Gasteiger partial charge on any atom is 0.285 e.